The van der Waals surface area contributed by atoms with Gasteiger partial charge in [-0.05, 0) is 37.6 Å². The van der Waals surface area contributed by atoms with E-state index in [0.717, 1.165) is 5.56 Å². The molecule has 0 unspecified atom stereocenters. The Labute approximate surface area is 114 Å². The highest BCUT2D eigenvalue weighted by atomic mass is 35.5. The van der Waals surface area contributed by atoms with Gasteiger partial charge in [0, 0.05) is 11.4 Å². The van der Waals surface area contributed by atoms with Crippen LogP contribution in [-0.2, 0) is 4.74 Å². The van der Waals surface area contributed by atoms with Gasteiger partial charge in [0.05, 0.1) is 12.2 Å². The molecular weight excluding hydrogens is 259 g/mol. The van der Waals surface area contributed by atoms with Crippen LogP contribution in [0.1, 0.15) is 36.7 Å². The molecule has 17 heavy (non-hydrogen) atoms. The molecule has 0 saturated carbocycles. The molecule has 98 valence electrons. The van der Waals surface area contributed by atoms with Crippen LogP contribution in [-0.4, -0.2) is 19.0 Å². The second kappa shape index (κ2) is 11.7. The van der Waals surface area contributed by atoms with Crippen molar-refractivity contribution in [2.75, 3.05) is 13.0 Å². The van der Waals surface area contributed by atoms with E-state index in [2.05, 4.69) is 11.6 Å². The zero-order valence-electron chi connectivity index (χ0n) is 11.0. The molecule has 0 N–H and O–H groups in total. The van der Waals surface area contributed by atoms with Gasteiger partial charge in [-0.15, -0.1) is 11.6 Å². The van der Waals surface area contributed by atoms with Crippen LogP contribution in [0.25, 0.3) is 0 Å². The van der Waals surface area contributed by atoms with Crippen molar-refractivity contribution in [3.63, 3.8) is 0 Å². The minimum atomic E-state index is -0.303. The SMILES string of the molecule is CC.CCOC(=O)c1ccc(Cl)c(C)c1.CCl. The van der Waals surface area contributed by atoms with Gasteiger partial charge in [-0.25, -0.2) is 4.79 Å². The lowest BCUT2D eigenvalue weighted by Crippen LogP contribution is -2.04. The Morgan fingerprint density at radius 1 is 1.29 bits per heavy atom. The summed E-state index contributed by atoms with van der Waals surface area (Å²) in [5.74, 6) is -0.303. The lowest BCUT2D eigenvalue weighted by Gasteiger charge is -2.03. The molecule has 0 radical (unpaired) electrons. The molecule has 0 aliphatic heterocycles. The molecule has 0 bridgehead atoms. The standard InChI is InChI=1S/C10H11ClO2.C2H6.CH3Cl/c1-3-13-10(12)8-4-5-9(11)7(2)6-8;2*1-2/h4-6H,3H2,1-2H3;1-2H3;1H3. The van der Waals surface area contributed by atoms with Crippen molar-refractivity contribution in [3.8, 4) is 0 Å². The topological polar surface area (TPSA) is 26.3 Å². The maximum Gasteiger partial charge on any atom is 0.338 e. The van der Waals surface area contributed by atoms with Crippen molar-refractivity contribution in [2.45, 2.75) is 27.7 Å². The third-order valence-corrected chi connectivity index (χ3v) is 2.09. The van der Waals surface area contributed by atoms with Crippen molar-refractivity contribution >= 4 is 29.2 Å². The fourth-order valence-electron chi connectivity index (χ4n) is 0.986. The van der Waals surface area contributed by atoms with Gasteiger partial charge < -0.3 is 4.74 Å². The van der Waals surface area contributed by atoms with E-state index in [-0.39, 0.29) is 5.97 Å². The molecule has 0 atom stereocenters. The Hall–Kier alpha value is -0.730. The summed E-state index contributed by atoms with van der Waals surface area (Å²) >= 11 is 10.4. The Balaban J connectivity index is 0. The highest BCUT2D eigenvalue weighted by Gasteiger charge is 2.06. The second-order valence-electron chi connectivity index (χ2n) is 2.68. The van der Waals surface area contributed by atoms with Crippen molar-refractivity contribution in [2.24, 2.45) is 0 Å². The second-order valence-corrected chi connectivity index (χ2v) is 3.09. The number of halogens is 2. The van der Waals surface area contributed by atoms with Crippen LogP contribution in [0.2, 0.25) is 5.02 Å². The van der Waals surface area contributed by atoms with E-state index in [1.165, 1.54) is 6.38 Å². The summed E-state index contributed by atoms with van der Waals surface area (Å²) < 4.78 is 4.84. The molecule has 0 spiro atoms. The number of hydrogen-bond acceptors (Lipinski definition) is 2. The average molecular weight is 279 g/mol. The van der Waals surface area contributed by atoms with Gasteiger partial charge in [-0.2, -0.15) is 0 Å². The van der Waals surface area contributed by atoms with Crippen LogP contribution in [0.4, 0.5) is 0 Å². The fraction of sp³-hybridized carbons (Fsp3) is 0.462. The van der Waals surface area contributed by atoms with Gasteiger partial charge in [0.2, 0.25) is 0 Å². The molecule has 0 fully saturated rings. The largest absolute Gasteiger partial charge is 0.462 e. The predicted molar refractivity (Wildman–Crippen MR) is 75.3 cm³/mol. The number of benzene rings is 1. The van der Waals surface area contributed by atoms with Crippen LogP contribution in [0.5, 0.6) is 0 Å². The minimum Gasteiger partial charge on any atom is -0.462 e. The summed E-state index contributed by atoms with van der Waals surface area (Å²) in [5.41, 5.74) is 1.43. The predicted octanol–water partition coefficient (Wildman–Crippen LogP) is 4.71. The van der Waals surface area contributed by atoms with E-state index in [0.29, 0.717) is 17.2 Å². The molecule has 1 aromatic carbocycles. The molecule has 2 nitrogen and oxygen atoms in total. The number of esters is 1. The molecule has 0 amide bonds. The van der Waals surface area contributed by atoms with E-state index < -0.39 is 0 Å². The first-order valence-corrected chi connectivity index (χ1v) is 6.59. The van der Waals surface area contributed by atoms with Gasteiger partial charge in [0.1, 0.15) is 0 Å². The van der Waals surface area contributed by atoms with Crippen LogP contribution in [0.3, 0.4) is 0 Å². The summed E-state index contributed by atoms with van der Waals surface area (Å²) in [6, 6.07) is 5.08. The van der Waals surface area contributed by atoms with Gasteiger partial charge in [-0.1, -0.05) is 25.4 Å². The molecule has 4 heteroatoms. The maximum absolute atomic E-state index is 11.2. The molecule has 0 heterocycles. The molecule has 0 aromatic heterocycles. The Morgan fingerprint density at radius 2 is 1.82 bits per heavy atom. The molecule has 1 aromatic rings. The molecule has 0 aliphatic rings. The lowest BCUT2D eigenvalue weighted by atomic mass is 10.1. The highest BCUT2D eigenvalue weighted by molar-refractivity contribution is 6.31. The number of rotatable bonds is 2. The number of aryl methyl sites for hydroxylation is 1. The molecule has 0 saturated heterocycles. The van der Waals surface area contributed by atoms with Gasteiger partial charge in [0.15, 0.2) is 0 Å². The molecule has 0 aliphatic carbocycles. The van der Waals surface area contributed by atoms with E-state index in [1.807, 2.05) is 20.8 Å². The lowest BCUT2D eigenvalue weighted by molar-refractivity contribution is 0.0526. The smallest absolute Gasteiger partial charge is 0.338 e. The summed E-state index contributed by atoms with van der Waals surface area (Å²) in [4.78, 5) is 11.2. The van der Waals surface area contributed by atoms with Crippen molar-refractivity contribution in [1.82, 2.24) is 0 Å². The average Bonchev–Trinajstić information content (AvgIpc) is 2.38. The third kappa shape index (κ3) is 7.24. The Bertz CT molecular complexity index is 325. The third-order valence-electron chi connectivity index (χ3n) is 1.67. The first kappa shape index (κ1) is 18.6. The number of ether oxygens (including phenoxy) is 1. The quantitative estimate of drug-likeness (QED) is 0.579. The van der Waals surface area contributed by atoms with Crippen LogP contribution < -0.4 is 0 Å². The first-order chi connectivity index (χ1) is 8.15. The number of alkyl halides is 1. The van der Waals surface area contributed by atoms with Gasteiger partial charge >= 0.3 is 5.97 Å². The summed E-state index contributed by atoms with van der Waals surface area (Å²) in [5, 5.41) is 0.660. The van der Waals surface area contributed by atoms with E-state index in [9.17, 15) is 4.79 Å². The van der Waals surface area contributed by atoms with Crippen molar-refractivity contribution in [1.29, 1.82) is 0 Å². The fourth-order valence-corrected chi connectivity index (χ4v) is 1.10. The Kier molecular flexibility index (Phi) is 12.9. The van der Waals surface area contributed by atoms with E-state index in [1.54, 1.807) is 25.1 Å². The normalized spacial score (nSPS) is 8.18. The monoisotopic (exact) mass is 278 g/mol. The first-order valence-electron chi connectivity index (χ1n) is 5.46. The summed E-state index contributed by atoms with van der Waals surface area (Å²) in [6.45, 7) is 8.02. The van der Waals surface area contributed by atoms with Gasteiger partial charge in [-0.3, -0.25) is 0 Å². The summed E-state index contributed by atoms with van der Waals surface area (Å²) in [7, 11) is 0. The van der Waals surface area contributed by atoms with Crippen LogP contribution >= 0.6 is 23.2 Å². The van der Waals surface area contributed by atoms with Crippen molar-refractivity contribution < 1.29 is 9.53 Å². The maximum atomic E-state index is 11.2. The number of hydrogen-bond donors (Lipinski definition) is 0. The zero-order valence-corrected chi connectivity index (χ0v) is 12.5. The minimum absolute atomic E-state index is 0.303. The highest BCUT2D eigenvalue weighted by Crippen LogP contribution is 2.16. The van der Waals surface area contributed by atoms with Crippen molar-refractivity contribution in [3.05, 3.63) is 34.3 Å². The zero-order chi connectivity index (χ0) is 13.8. The summed E-state index contributed by atoms with van der Waals surface area (Å²) in [6.07, 6.45) is 1.47. The van der Waals surface area contributed by atoms with E-state index in [4.69, 9.17) is 16.3 Å². The van der Waals surface area contributed by atoms with Crippen LogP contribution in [0, 0.1) is 6.92 Å². The number of carbonyl (C=O) groups excluding carboxylic acids is 1. The number of carbonyl (C=O) groups is 1. The molecular formula is C13H20Cl2O2. The van der Waals surface area contributed by atoms with E-state index >= 15 is 0 Å². The molecule has 1 rings (SSSR count). The van der Waals surface area contributed by atoms with Gasteiger partial charge in [0.25, 0.3) is 0 Å². The Morgan fingerprint density at radius 3 is 2.24 bits per heavy atom. The van der Waals surface area contributed by atoms with Crippen LogP contribution in [0.15, 0.2) is 18.2 Å².